The van der Waals surface area contributed by atoms with Gasteiger partial charge in [-0.2, -0.15) is 0 Å². The van der Waals surface area contributed by atoms with Crippen molar-refractivity contribution in [3.63, 3.8) is 0 Å². The van der Waals surface area contributed by atoms with Gasteiger partial charge in [0.15, 0.2) is 0 Å². The summed E-state index contributed by atoms with van der Waals surface area (Å²) in [5.41, 5.74) is 2.75. The van der Waals surface area contributed by atoms with Crippen LogP contribution >= 0.6 is 0 Å². The highest BCUT2D eigenvalue weighted by Crippen LogP contribution is 2.14. The molecule has 0 fully saturated rings. The van der Waals surface area contributed by atoms with Crippen LogP contribution in [-0.4, -0.2) is 32.1 Å². The molecule has 7 nitrogen and oxygen atoms in total. The van der Waals surface area contributed by atoms with Gasteiger partial charge in [0, 0.05) is 12.4 Å². The lowest BCUT2D eigenvalue weighted by Gasteiger charge is -2.02. The van der Waals surface area contributed by atoms with Gasteiger partial charge in [-0.3, -0.25) is 0 Å². The molecule has 1 N–H and O–H groups in total. The van der Waals surface area contributed by atoms with Crippen molar-refractivity contribution in [2.45, 2.75) is 13.5 Å². The van der Waals surface area contributed by atoms with Crippen LogP contribution in [0.4, 0.5) is 5.95 Å². The second-order valence-electron chi connectivity index (χ2n) is 4.79. The monoisotopic (exact) mass is 296 g/mol. The summed E-state index contributed by atoms with van der Waals surface area (Å²) in [5.74, 6) is 1.38. The smallest absolute Gasteiger partial charge is 0.222 e. The average molecular weight is 296 g/mol. The van der Waals surface area contributed by atoms with E-state index in [0.29, 0.717) is 12.5 Å². The zero-order chi connectivity index (χ0) is 15.4. The third-order valence-corrected chi connectivity index (χ3v) is 3.09. The maximum absolute atomic E-state index is 5.14. The minimum Gasteiger partial charge on any atom is -0.497 e. The second-order valence-corrected chi connectivity index (χ2v) is 4.79. The Kier molecular flexibility index (Phi) is 3.95. The molecule has 0 aliphatic carbocycles. The summed E-state index contributed by atoms with van der Waals surface area (Å²) < 4.78 is 6.85. The fraction of sp³-hybridized carbons (Fsp3) is 0.200. The Morgan fingerprint density at radius 1 is 1.14 bits per heavy atom. The summed E-state index contributed by atoms with van der Waals surface area (Å²) in [5, 5.41) is 11.4. The van der Waals surface area contributed by atoms with Crippen molar-refractivity contribution in [3.05, 3.63) is 54.1 Å². The summed E-state index contributed by atoms with van der Waals surface area (Å²) in [4.78, 5) is 8.37. The van der Waals surface area contributed by atoms with Crippen LogP contribution in [0.15, 0.2) is 42.9 Å². The van der Waals surface area contributed by atoms with Crippen molar-refractivity contribution in [3.8, 4) is 11.4 Å². The molecule has 0 amide bonds. The van der Waals surface area contributed by atoms with E-state index in [-0.39, 0.29) is 0 Å². The fourth-order valence-electron chi connectivity index (χ4n) is 1.89. The van der Waals surface area contributed by atoms with E-state index in [4.69, 9.17) is 4.74 Å². The number of benzene rings is 1. The van der Waals surface area contributed by atoms with Crippen LogP contribution in [0, 0.1) is 6.92 Å². The number of ether oxygens (including phenoxy) is 1. The molecule has 0 radical (unpaired) electrons. The van der Waals surface area contributed by atoms with E-state index >= 15 is 0 Å². The van der Waals surface area contributed by atoms with Gasteiger partial charge in [0.1, 0.15) is 11.4 Å². The zero-order valence-corrected chi connectivity index (χ0v) is 12.4. The largest absolute Gasteiger partial charge is 0.497 e. The number of hydrogen-bond acceptors (Lipinski definition) is 6. The molecule has 1 aromatic carbocycles. The lowest BCUT2D eigenvalue weighted by Crippen LogP contribution is -2.03. The quantitative estimate of drug-likeness (QED) is 0.775. The van der Waals surface area contributed by atoms with Gasteiger partial charge in [0.05, 0.1) is 25.5 Å². The first-order valence-corrected chi connectivity index (χ1v) is 6.83. The van der Waals surface area contributed by atoms with Crippen LogP contribution in [0.5, 0.6) is 5.75 Å². The Morgan fingerprint density at radius 3 is 2.55 bits per heavy atom. The molecule has 0 unspecified atom stereocenters. The molecule has 0 atom stereocenters. The Hall–Kier alpha value is -2.96. The van der Waals surface area contributed by atoms with Crippen LogP contribution in [-0.2, 0) is 6.54 Å². The third-order valence-electron chi connectivity index (χ3n) is 3.09. The Bertz CT molecular complexity index is 735. The minimum absolute atomic E-state index is 0.513. The van der Waals surface area contributed by atoms with Gasteiger partial charge >= 0.3 is 0 Å². The van der Waals surface area contributed by atoms with Gasteiger partial charge < -0.3 is 10.1 Å². The maximum Gasteiger partial charge on any atom is 0.222 e. The van der Waals surface area contributed by atoms with E-state index in [0.717, 1.165) is 22.7 Å². The summed E-state index contributed by atoms with van der Waals surface area (Å²) in [6, 6.07) is 7.62. The predicted molar refractivity (Wildman–Crippen MR) is 82.0 cm³/mol. The second kappa shape index (κ2) is 6.21. The Balaban J connectivity index is 1.66. The molecule has 22 heavy (non-hydrogen) atoms. The zero-order valence-electron chi connectivity index (χ0n) is 12.4. The Labute approximate surface area is 128 Å². The lowest BCUT2D eigenvalue weighted by atomic mass is 10.3. The van der Waals surface area contributed by atoms with Crippen molar-refractivity contribution in [1.29, 1.82) is 0 Å². The average Bonchev–Trinajstić information content (AvgIpc) is 3.03. The molecular formula is C15H16N6O. The Morgan fingerprint density at radius 2 is 1.86 bits per heavy atom. The van der Waals surface area contributed by atoms with Crippen LogP contribution < -0.4 is 10.1 Å². The molecule has 3 rings (SSSR count). The van der Waals surface area contributed by atoms with Gasteiger partial charge in [-0.15, -0.1) is 5.10 Å². The van der Waals surface area contributed by atoms with Crippen molar-refractivity contribution in [2.24, 2.45) is 0 Å². The molecule has 0 saturated carbocycles. The van der Waals surface area contributed by atoms with E-state index in [9.17, 15) is 0 Å². The summed E-state index contributed by atoms with van der Waals surface area (Å²) in [6.45, 7) is 2.46. The fourth-order valence-corrected chi connectivity index (χ4v) is 1.89. The highest BCUT2D eigenvalue weighted by atomic mass is 16.5. The molecule has 112 valence electrons. The molecular weight excluding hydrogens is 280 g/mol. The molecule has 0 aliphatic rings. The maximum atomic E-state index is 5.14. The van der Waals surface area contributed by atoms with E-state index in [2.05, 4.69) is 25.6 Å². The predicted octanol–water partition coefficient (Wildman–Crippen LogP) is 1.99. The summed E-state index contributed by atoms with van der Waals surface area (Å²) in [7, 11) is 1.64. The van der Waals surface area contributed by atoms with E-state index in [1.54, 1.807) is 24.2 Å². The van der Waals surface area contributed by atoms with Gasteiger partial charge in [-0.25, -0.2) is 14.6 Å². The van der Waals surface area contributed by atoms with Crippen LogP contribution in [0.3, 0.4) is 0 Å². The summed E-state index contributed by atoms with van der Waals surface area (Å²) >= 11 is 0. The van der Waals surface area contributed by atoms with Gasteiger partial charge in [-0.05, 0) is 36.8 Å². The number of nitrogens with zero attached hydrogens (tertiary/aromatic N) is 5. The first-order valence-electron chi connectivity index (χ1n) is 6.83. The number of methoxy groups -OCH3 is 1. The first-order chi connectivity index (χ1) is 10.7. The molecule has 2 heterocycles. The van der Waals surface area contributed by atoms with Crippen LogP contribution in [0.1, 0.15) is 11.3 Å². The number of anilines is 1. The topological polar surface area (TPSA) is 77.8 Å². The van der Waals surface area contributed by atoms with E-state index < -0.39 is 0 Å². The lowest BCUT2D eigenvalue weighted by molar-refractivity contribution is 0.414. The summed E-state index contributed by atoms with van der Waals surface area (Å²) in [6.07, 6.45) is 5.40. The van der Waals surface area contributed by atoms with Crippen molar-refractivity contribution in [1.82, 2.24) is 25.0 Å². The molecule has 0 bridgehead atoms. The molecule has 0 aliphatic heterocycles. The van der Waals surface area contributed by atoms with Crippen molar-refractivity contribution in [2.75, 3.05) is 12.4 Å². The van der Waals surface area contributed by atoms with Crippen LogP contribution in [0.25, 0.3) is 5.69 Å². The van der Waals surface area contributed by atoms with E-state index in [1.165, 1.54) is 0 Å². The molecule has 3 aromatic rings. The van der Waals surface area contributed by atoms with Crippen LogP contribution in [0.2, 0.25) is 0 Å². The molecule has 0 spiro atoms. The number of aryl methyl sites for hydroxylation is 1. The number of hydrogen-bond donors (Lipinski definition) is 1. The highest BCUT2D eigenvalue weighted by molar-refractivity contribution is 5.36. The number of nitrogens with one attached hydrogen (secondary N) is 1. The highest BCUT2D eigenvalue weighted by Gasteiger charge is 2.04. The van der Waals surface area contributed by atoms with E-state index in [1.807, 2.05) is 37.4 Å². The molecule has 0 saturated heterocycles. The first kappa shape index (κ1) is 14.0. The van der Waals surface area contributed by atoms with Crippen molar-refractivity contribution < 1.29 is 4.74 Å². The number of rotatable bonds is 5. The van der Waals surface area contributed by atoms with Gasteiger partial charge in [-0.1, -0.05) is 5.21 Å². The minimum atomic E-state index is 0.513. The van der Waals surface area contributed by atoms with Gasteiger partial charge in [0.2, 0.25) is 5.95 Å². The van der Waals surface area contributed by atoms with Crippen molar-refractivity contribution >= 4 is 5.95 Å². The number of aromatic nitrogens is 5. The third kappa shape index (κ3) is 3.20. The molecule has 2 aromatic heterocycles. The standard InChI is InChI=1S/C15H16N6O/c1-11-7-16-15(17-8-11)18-9-12-10-21(20-19-12)13-3-5-14(22-2)6-4-13/h3-8,10H,9H2,1-2H3,(H,16,17,18). The van der Waals surface area contributed by atoms with Gasteiger partial charge in [0.25, 0.3) is 0 Å². The molecule has 7 heteroatoms. The normalized spacial score (nSPS) is 10.5. The SMILES string of the molecule is COc1ccc(-n2cc(CNc3ncc(C)cn3)nn2)cc1.